The number of anilines is 1. The summed E-state index contributed by atoms with van der Waals surface area (Å²) in [6.07, 6.45) is 15.1. The topological polar surface area (TPSA) is 262 Å². The molecule has 0 fully saturated rings. The van der Waals surface area contributed by atoms with Crippen LogP contribution in [0.3, 0.4) is 0 Å². The lowest BCUT2D eigenvalue weighted by molar-refractivity contribution is -0.438. The number of hydrogen-bond acceptors (Lipinski definition) is 14. The first kappa shape index (κ1) is 58.4. The van der Waals surface area contributed by atoms with Crippen LogP contribution in [0.4, 0.5) is 11.4 Å². The second kappa shape index (κ2) is 27.6. The molecular weight excluding hydrogens is 973 g/mol. The molecule has 2 unspecified atom stereocenters. The molecule has 2 aromatic rings. The molecule has 390 valence electrons. The van der Waals surface area contributed by atoms with Crippen molar-refractivity contribution in [2.75, 3.05) is 104 Å². The predicted octanol–water partition coefficient (Wildman–Crippen LogP) is 5.93. The first-order chi connectivity index (χ1) is 33.2. The fourth-order valence-corrected chi connectivity index (χ4v) is 10.1. The molecule has 0 saturated heterocycles. The van der Waals surface area contributed by atoms with E-state index in [1.54, 1.807) is 44.6 Å². The number of methoxy groups -OCH3 is 2. The minimum atomic E-state index is -4.60. The summed E-state index contributed by atoms with van der Waals surface area (Å²) in [5.41, 5.74) is 2.41. The van der Waals surface area contributed by atoms with E-state index in [2.05, 4.69) is 0 Å². The van der Waals surface area contributed by atoms with E-state index in [9.17, 15) is 43.7 Å². The van der Waals surface area contributed by atoms with Crippen molar-refractivity contribution in [1.29, 1.82) is 0 Å². The Labute approximate surface area is 412 Å². The van der Waals surface area contributed by atoms with Gasteiger partial charge in [0.1, 0.15) is 6.54 Å². The van der Waals surface area contributed by atoms with E-state index in [1.165, 1.54) is 24.3 Å². The van der Waals surface area contributed by atoms with Crippen LogP contribution in [0.1, 0.15) is 69.9 Å². The Bertz CT molecular complexity index is 2560. The molecule has 0 radical (unpaired) electrons. The zero-order valence-electron chi connectivity index (χ0n) is 40.4. The van der Waals surface area contributed by atoms with Gasteiger partial charge in [-0.3, -0.25) is 18.5 Å². The number of fused-ring (bicyclic) bond motifs is 2. The number of hydrogen-bond donors (Lipinski definition) is 4. The van der Waals surface area contributed by atoms with Gasteiger partial charge in [0, 0.05) is 74.7 Å². The van der Waals surface area contributed by atoms with Gasteiger partial charge >= 0.3 is 5.97 Å². The molecule has 0 spiro atoms. The summed E-state index contributed by atoms with van der Waals surface area (Å²) < 4.78 is 137. The summed E-state index contributed by atoms with van der Waals surface area (Å²) in [4.78, 5) is 12.6. The molecule has 22 heteroatoms. The smallest absolute Gasteiger partial charge is 0.303 e. The van der Waals surface area contributed by atoms with Crippen molar-refractivity contribution in [3.63, 3.8) is 0 Å². The highest BCUT2D eigenvalue weighted by Crippen LogP contribution is 2.51. The highest BCUT2D eigenvalue weighted by Gasteiger charge is 2.48. The third kappa shape index (κ3) is 17.3. The Morgan fingerprint density at radius 1 is 0.643 bits per heavy atom. The molecule has 2 atom stereocenters. The summed E-state index contributed by atoms with van der Waals surface area (Å²) in [6.45, 7) is 8.68. The normalized spacial score (nSPS) is 19.2. The van der Waals surface area contributed by atoms with Gasteiger partial charge < -0.3 is 38.4 Å². The third-order valence-electron chi connectivity index (χ3n) is 12.1. The number of carbonyl (C=O) groups is 1. The molecule has 4 N–H and O–H groups in total. The molecule has 70 heavy (non-hydrogen) atoms. The van der Waals surface area contributed by atoms with Gasteiger partial charge in [-0.1, -0.05) is 30.4 Å². The zero-order chi connectivity index (χ0) is 51.4. The SMILES string of the molecule is COCCOCCOCCOCCOCCC1(C)C(=CC=CC=CC=CC2=[N+](CCCCCC(=O)O)c3ccc(S(=O)(=O)O)cc3C2(C)CCCS(=O)(=O)O)N(CCOC)c2ccc(S(=O)(=O)O)cc21. The van der Waals surface area contributed by atoms with Gasteiger partial charge in [-0.25, -0.2) is 0 Å². The molecule has 19 nitrogen and oxygen atoms in total. The van der Waals surface area contributed by atoms with Crippen molar-refractivity contribution in [1.82, 2.24) is 0 Å². The number of allylic oxidation sites excluding steroid dienone is 8. The molecule has 0 aliphatic carbocycles. The highest BCUT2D eigenvalue weighted by molar-refractivity contribution is 7.86. The fourth-order valence-electron chi connectivity index (χ4n) is 8.57. The molecule has 0 aromatic heterocycles. The molecule has 0 amide bonds. The van der Waals surface area contributed by atoms with E-state index in [0.717, 1.165) is 11.4 Å². The monoisotopic (exact) mass is 1040 g/mol. The average molecular weight is 1040 g/mol. The molecular formula is C48H69N2O17S3+. The van der Waals surface area contributed by atoms with Crippen LogP contribution in [0.25, 0.3) is 0 Å². The van der Waals surface area contributed by atoms with Crippen molar-refractivity contribution in [2.24, 2.45) is 0 Å². The number of unbranched alkanes of at least 4 members (excludes halogenated alkanes) is 2. The van der Waals surface area contributed by atoms with Crippen LogP contribution in [0.5, 0.6) is 0 Å². The fraction of sp³-hybridized carbons (Fsp3) is 0.542. The van der Waals surface area contributed by atoms with Gasteiger partial charge in [0.15, 0.2) is 5.71 Å². The van der Waals surface area contributed by atoms with Gasteiger partial charge in [0.05, 0.1) is 80.4 Å². The van der Waals surface area contributed by atoms with Crippen LogP contribution in [0.15, 0.2) is 94.4 Å². The van der Waals surface area contributed by atoms with Crippen molar-refractivity contribution in [2.45, 2.75) is 79.4 Å². The third-order valence-corrected chi connectivity index (χ3v) is 14.6. The Morgan fingerprint density at radius 3 is 1.79 bits per heavy atom. The van der Waals surface area contributed by atoms with Crippen molar-refractivity contribution in [3.8, 4) is 0 Å². The quantitative estimate of drug-likeness (QED) is 0.0274. The first-order valence-corrected chi connectivity index (χ1v) is 27.5. The maximum absolute atomic E-state index is 12.3. The van der Waals surface area contributed by atoms with Gasteiger partial charge in [-0.05, 0) is 87.9 Å². The first-order valence-electron chi connectivity index (χ1n) is 23.0. The summed E-state index contributed by atoms with van der Waals surface area (Å²) >= 11 is 0. The van der Waals surface area contributed by atoms with Gasteiger partial charge in [0.25, 0.3) is 30.4 Å². The van der Waals surface area contributed by atoms with E-state index in [0.29, 0.717) is 127 Å². The minimum absolute atomic E-state index is 0.00925. The Balaban J connectivity index is 1.59. The zero-order valence-corrected chi connectivity index (χ0v) is 42.8. The second-order valence-corrected chi connectivity index (χ2v) is 21.5. The van der Waals surface area contributed by atoms with Gasteiger partial charge in [-0.15, -0.1) is 0 Å². The molecule has 2 aliphatic heterocycles. The maximum atomic E-state index is 12.3. The largest absolute Gasteiger partial charge is 0.481 e. The van der Waals surface area contributed by atoms with E-state index >= 15 is 0 Å². The van der Waals surface area contributed by atoms with E-state index in [1.807, 2.05) is 47.6 Å². The van der Waals surface area contributed by atoms with Crippen LogP contribution in [0, 0.1) is 0 Å². The molecule has 2 aromatic carbocycles. The van der Waals surface area contributed by atoms with Crippen LogP contribution in [-0.4, -0.2) is 159 Å². The lowest BCUT2D eigenvalue weighted by Gasteiger charge is -2.30. The number of carboxylic acids is 1. The minimum Gasteiger partial charge on any atom is -0.481 e. The standard InChI is InChI=1S/C48H68N2O17S3/c1-47(21-13-35-68(53,54)55)40-36-38(69(56,57)58)17-19-42(40)49(23-12-8-11-16-46(51)52)44(47)14-9-6-5-7-10-15-45-48(2,22-25-64-29-30-66-33-34-67-32-31-65-28-27-63-4)41-37-39(70(59,60)61)18-20-43(41)50(45)24-26-62-3/h5-7,9-10,14-15,17-20,36-37H,8,11-13,16,21-35H2,1-4H3,(H3-,51,52,53,54,55,56,57,58,59,60,61)/p+1. The number of benzene rings is 2. The molecule has 4 rings (SSSR count). The van der Waals surface area contributed by atoms with Crippen LogP contribution in [-0.2, 0) is 74.4 Å². The number of nitrogens with zero attached hydrogens (tertiary/aromatic N) is 2. The predicted molar refractivity (Wildman–Crippen MR) is 263 cm³/mol. The summed E-state index contributed by atoms with van der Waals surface area (Å²) in [5, 5.41) is 9.15. The van der Waals surface area contributed by atoms with Crippen LogP contribution >= 0.6 is 0 Å². The number of carboxylic acid groups (broad SMARTS) is 1. The van der Waals surface area contributed by atoms with Crippen molar-refractivity contribution < 1.29 is 81.8 Å². The van der Waals surface area contributed by atoms with Gasteiger partial charge in [0.2, 0.25) is 5.69 Å². The van der Waals surface area contributed by atoms with Crippen LogP contribution < -0.4 is 4.90 Å². The van der Waals surface area contributed by atoms with E-state index < -0.39 is 52.9 Å². The average Bonchev–Trinajstić information content (AvgIpc) is 3.66. The number of aliphatic carboxylic acids is 1. The molecule has 0 saturated carbocycles. The molecule has 2 heterocycles. The Morgan fingerprint density at radius 2 is 1.20 bits per heavy atom. The molecule has 0 bridgehead atoms. The second-order valence-electron chi connectivity index (χ2n) is 17.1. The number of rotatable bonds is 34. The Kier molecular flexibility index (Phi) is 23.0. The Hall–Kier alpha value is -4.17. The summed E-state index contributed by atoms with van der Waals surface area (Å²) in [6, 6.07) is 8.78. The maximum Gasteiger partial charge on any atom is 0.303 e. The highest BCUT2D eigenvalue weighted by atomic mass is 32.2. The number of ether oxygens (including phenoxy) is 6. The lowest BCUT2D eigenvalue weighted by atomic mass is 9.76. The van der Waals surface area contributed by atoms with E-state index in [4.69, 9.17) is 33.5 Å². The van der Waals surface area contributed by atoms with Gasteiger partial charge in [-0.2, -0.15) is 29.8 Å². The molecule has 2 aliphatic rings. The van der Waals surface area contributed by atoms with E-state index in [-0.39, 0.29) is 29.1 Å². The summed E-state index contributed by atoms with van der Waals surface area (Å²) in [7, 11) is -10.2. The van der Waals surface area contributed by atoms with Crippen molar-refractivity contribution in [3.05, 3.63) is 95.8 Å². The summed E-state index contributed by atoms with van der Waals surface area (Å²) in [5.74, 6) is -1.43. The lowest BCUT2D eigenvalue weighted by Crippen LogP contribution is -2.32. The van der Waals surface area contributed by atoms with Crippen LogP contribution in [0.2, 0.25) is 0 Å². The van der Waals surface area contributed by atoms with Crippen molar-refractivity contribution >= 4 is 53.4 Å².